The van der Waals surface area contributed by atoms with Crippen LogP contribution in [-0.2, 0) is 65.4 Å². The quantitative estimate of drug-likeness (QED) is 0.0222. The maximum Gasteiger partial charge on any atom is 0.472 e. The molecule has 0 aliphatic carbocycles. The Morgan fingerprint density at radius 3 is 0.747 bits per heavy atom. The number of phosphoric acid groups is 2. The number of unbranched alkanes of at least 4 members (excludes halogenated alkanes) is 37. The zero-order valence-electron chi connectivity index (χ0n) is 62.3. The molecule has 5 unspecified atom stereocenters. The van der Waals surface area contributed by atoms with Crippen LogP contribution in [0, 0.1) is 23.7 Å². The van der Waals surface area contributed by atoms with Crippen molar-refractivity contribution in [2.24, 2.45) is 23.7 Å². The van der Waals surface area contributed by atoms with Crippen LogP contribution in [0.2, 0.25) is 0 Å². The molecule has 0 aliphatic heterocycles. The summed E-state index contributed by atoms with van der Waals surface area (Å²) in [5.74, 6) is 0.933. The standard InChI is InChI=1S/C76H148O17P2/c1-9-68(7)54-46-38-29-23-19-17-15-13-11-12-14-16-18-20-25-31-42-50-58-75(80)92-71(62-86-73(78)56-48-40-33-27-28-36-44-52-66(3)4)64-90-94(82,83)88-60-70(77)61-89-95(84,85)91-65-72(63-87-74(79)57-49-41-35-34-37-45-53-67(5)6)93-76(81)59-51-43-32-26-22-21-24-30-39-47-55-69(8)10-2/h66-72,77H,9-65H2,1-8H3,(H,82,83)(H,84,85)/t68?,69?,70?,71-,72-/m1/s1. The molecule has 3 N–H and O–H groups in total. The lowest BCUT2D eigenvalue weighted by Crippen LogP contribution is -2.30. The molecule has 0 spiro atoms. The Balaban J connectivity index is 5.16. The smallest absolute Gasteiger partial charge is 0.462 e. The number of aliphatic hydroxyl groups is 1. The van der Waals surface area contributed by atoms with Gasteiger partial charge in [0.1, 0.15) is 19.3 Å². The highest BCUT2D eigenvalue weighted by atomic mass is 31.2. The summed E-state index contributed by atoms with van der Waals surface area (Å²) in [5.41, 5.74) is 0. The topological polar surface area (TPSA) is 237 Å². The minimum absolute atomic E-state index is 0.105. The second-order valence-electron chi connectivity index (χ2n) is 28.8. The summed E-state index contributed by atoms with van der Waals surface area (Å²) in [6.07, 6.45) is 50.2. The van der Waals surface area contributed by atoms with Crippen LogP contribution in [0.5, 0.6) is 0 Å². The van der Waals surface area contributed by atoms with Gasteiger partial charge in [0.2, 0.25) is 0 Å². The molecule has 7 atom stereocenters. The second-order valence-corrected chi connectivity index (χ2v) is 31.7. The summed E-state index contributed by atoms with van der Waals surface area (Å²) in [5, 5.41) is 10.6. The van der Waals surface area contributed by atoms with E-state index in [-0.39, 0.29) is 25.7 Å². The van der Waals surface area contributed by atoms with Gasteiger partial charge in [-0.05, 0) is 49.4 Å². The van der Waals surface area contributed by atoms with Crippen LogP contribution >= 0.6 is 15.6 Å². The second kappa shape index (κ2) is 65.4. The average Bonchev–Trinajstić information content (AvgIpc) is 1.29. The van der Waals surface area contributed by atoms with E-state index in [1.54, 1.807) is 0 Å². The van der Waals surface area contributed by atoms with Gasteiger partial charge in [0, 0.05) is 25.7 Å². The third-order valence-electron chi connectivity index (χ3n) is 18.3. The Labute approximate surface area is 581 Å². The highest BCUT2D eigenvalue weighted by molar-refractivity contribution is 7.47. The SMILES string of the molecule is CCC(C)CCCCCCCCCCCCCCCCCCCCC(=O)O[C@H](COC(=O)CCCCCCCCCC(C)C)COP(=O)(O)OCC(O)COP(=O)(O)OC[C@@H](COC(=O)CCCCCCCCC(C)C)OC(=O)CCCCCCCCCCCCC(C)CC. The molecule has 0 aliphatic rings. The summed E-state index contributed by atoms with van der Waals surface area (Å²) in [7, 11) is -9.91. The number of carbonyl (C=O) groups is 4. The van der Waals surface area contributed by atoms with E-state index < -0.39 is 97.5 Å². The molecule has 0 saturated heterocycles. The first-order chi connectivity index (χ1) is 45.7. The van der Waals surface area contributed by atoms with Crippen molar-refractivity contribution in [2.45, 2.75) is 401 Å². The normalized spacial score (nSPS) is 14.7. The number of ether oxygens (including phenoxy) is 4. The first-order valence-electron chi connectivity index (χ1n) is 39.3. The summed E-state index contributed by atoms with van der Waals surface area (Å²) >= 11 is 0. The number of esters is 4. The van der Waals surface area contributed by atoms with E-state index in [0.29, 0.717) is 37.5 Å². The van der Waals surface area contributed by atoms with E-state index in [9.17, 15) is 43.2 Å². The van der Waals surface area contributed by atoms with E-state index in [1.165, 1.54) is 173 Å². The molecule has 0 bridgehead atoms. The number of rotatable bonds is 73. The van der Waals surface area contributed by atoms with Crippen molar-refractivity contribution in [2.75, 3.05) is 39.6 Å². The summed E-state index contributed by atoms with van der Waals surface area (Å²) < 4.78 is 68.4. The fourth-order valence-electron chi connectivity index (χ4n) is 11.5. The summed E-state index contributed by atoms with van der Waals surface area (Å²) in [6, 6.07) is 0. The Morgan fingerprint density at radius 2 is 0.505 bits per heavy atom. The van der Waals surface area contributed by atoms with Crippen molar-refractivity contribution in [1.82, 2.24) is 0 Å². The predicted molar refractivity (Wildman–Crippen MR) is 386 cm³/mol. The van der Waals surface area contributed by atoms with Gasteiger partial charge in [-0.3, -0.25) is 37.3 Å². The molecule has 0 saturated carbocycles. The molecule has 0 radical (unpaired) electrons. The Hall–Kier alpha value is -1.94. The molecular formula is C76H148O17P2. The predicted octanol–water partition coefficient (Wildman–Crippen LogP) is 22.0. The van der Waals surface area contributed by atoms with Gasteiger partial charge in [0.15, 0.2) is 12.2 Å². The molecule has 19 heteroatoms. The molecule has 17 nitrogen and oxygen atoms in total. The molecule has 0 aromatic heterocycles. The van der Waals surface area contributed by atoms with Gasteiger partial charge in [0.25, 0.3) is 0 Å². The zero-order chi connectivity index (χ0) is 70.3. The van der Waals surface area contributed by atoms with Crippen molar-refractivity contribution >= 4 is 39.5 Å². The molecule has 95 heavy (non-hydrogen) atoms. The van der Waals surface area contributed by atoms with Crippen LogP contribution in [-0.4, -0.2) is 96.7 Å². The van der Waals surface area contributed by atoms with Crippen LogP contribution in [0.1, 0.15) is 383 Å². The number of aliphatic hydroxyl groups excluding tert-OH is 1. The van der Waals surface area contributed by atoms with E-state index in [2.05, 4.69) is 55.4 Å². The molecule has 564 valence electrons. The van der Waals surface area contributed by atoms with Crippen LogP contribution in [0.4, 0.5) is 0 Å². The lowest BCUT2D eigenvalue weighted by atomic mass is 9.99. The Morgan fingerprint density at radius 1 is 0.295 bits per heavy atom. The van der Waals surface area contributed by atoms with E-state index >= 15 is 0 Å². The van der Waals surface area contributed by atoms with Gasteiger partial charge in [-0.15, -0.1) is 0 Å². The van der Waals surface area contributed by atoms with Crippen LogP contribution in [0.15, 0.2) is 0 Å². The molecule has 0 aromatic carbocycles. The largest absolute Gasteiger partial charge is 0.472 e. The van der Waals surface area contributed by atoms with Crippen LogP contribution in [0.25, 0.3) is 0 Å². The van der Waals surface area contributed by atoms with Gasteiger partial charge >= 0.3 is 39.5 Å². The fourth-order valence-corrected chi connectivity index (χ4v) is 13.1. The lowest BCUT2D eigenvalue weighted by Gasteiger charge is -2.21. The maximum atomic E-state index is 13.1. The lowest BCUT2D eigenvalue weighted by molar-refractivity contribution is -0.161. The monoisotopic (exact) mass is 1400 g/mol. The molecule has 0 aromatic rings. The summed E-state index contributed by atoms with van der Waals surface area (Å²) in [4.78, 5) is 72.7. The van der Waals surface area contributed by atoms with Gasteiger partial charge in [-0.2, -0.15) is 0 Å². The third-order valence-corrected chi connectivity index (χ3v) is 20.2. The first-order valence-corrected chi connectivity index (χ1v) is 42.3. The third kappa shape index (κ3) is 67.6. The van der Waals surface area contributed by atoms with Gasteiger partial charge in [0.05, 0.1) is 26.4 Å². The first kappa shape index (κ1) is 93.1. The van der Waals surface area contributed by atoms with E-state index in [4.69, 9.17) is 37.0 Å². The van der Waals surface area contributed by atoms with Crippen molar-refractivity contribution in [3.63, 3.8) is 0 Å². The molecule has 0 amide bonds. The van der Waals surface area contributed by atoms with Crippen LogP contribution < -0.4 is 0 Å². The van der Waals surface area contributed by atoms with Gasteiger partial charge in [-0.1, -0.05) is 331 Å². The zero-order valence-corrected chi connectivity index (χ0v) is 64.1. The van der Waals surface area contributed by atoms with Gasteiger partial charge in [-0.25, -0.2) is 9.13 Å². The highest BCUT2D eigenvalue weighted by Gasteiger charge is 2.30. The molecule has 0 heterocycles. The molecule has 0 fully saturated rings. The van der Waals surface area contributed by atoms with Crippen molar-refractivity contribution in [3.8, 4) is 0 Å². The van der Waals surface area contributed by atoms with Crippen LogP contribution in [0.3, 0.4) is 0 Å². The maximum absolute atomic E-state index is 13.1. The number of hydrogen-bond donors (Lipinski definition) is 3. The van der Waals surface area contributed by atoms with Gasteiger partial charge < -0.3 is 33.8 Å². The minimum atomic E-state index is -4.96. The van der Waals surface area contributed by atoms with Crippen molar-refractivity contribution in [3.05, 3.63) is 0 Å². The fraction of sp³-hybridized carbons (Fsp3) is 0.947. The Bertz CT molecular complexity index is 1870. The molecular weight excluding hydrogens is 1250 g/mol. The van der Waals surface area contributed by atoms with E-state index in [1.807, 2.05) is 0 Å². The van der Waals surface area contributed by atoms with Crippen molar-refractivity contribution in [1.29, 1.82) is 0 Å². The number of carbonyl (C=O) groups excluding carboxylic acids is 4. The Kier molecular flexibility index (Phi) is 64.0. The summed E-state index contributed by atoms with van der Waals surface area (Å²) in [6.45, 7) is 14.1. The molecule has 0 rings (SSSR count). The number of phosphoric ester groups is 2. The average molecular weight is 1400 g/mol. The number of hydrogen-bond acceptors (Lipinski definition) is 15. The highest BCUT2D eigenvalue weighted by Crippen LogP contribution is 2.45. The van der Waals surface area contributed by atoms with E-state index in [0.717, 1.165) is 115 Å². The van der Waals surface area contributed by atoms with Crippen molar-refractivity contribution < 1.29 is 80.2 Å². The minimum Gasteiger partial charge on any atom is -0.462 e.